The van der Waals surface area contributed by atoms with Crippen LogP contribution < -0.4 is 4.90 Å². The predicted octanol–water partition coefficient (Wildman–Crippen LogP) is 4.01. The van der Waals surface area contributed by atoms with Gasteiger partial charge in [0.25, 0.3) is 0 Å². The van der Waals surface area contributed by atoms with Crippen molar-refractivity contribution in [2.75, 3.05) is 18.0 Å². The number of anilines is 1. The lowest BCUT2D eigenvalue weighted by Gasteiger charge is -2.31. The lowest BCUT2D eigenvalue weighted by molar-refractivity contribution is -0.141. The van der Waals surface area contributed by atoms with Gasteiger partial charge in [-0.25, -0.2) is 4.98 Å². The molecule has 23 heavy (non-hydrogen) atoms. The van der Waals surface area contributed by atoms with Crippen molar-refractivity contribution >= 4 is 23.4 Å². The molecule has 1 aromatic carbocycles. The average molecular weight is 331 g/mol. The van der Waals surface area contributed by atoms with Crippen LogP contribution in [0.4, 0.5) is 5.82 Å². The summed E-state index contributed by atoms with van der Waals surface area (Å²) in [5.74, 6) is -0.194. The number of hydrogen-bond donors (Lipinski definition) is 1. The van der Waals surface area contributed by atoms with Gasteiger partial charge >= 0.3 is 5.97 Å². The molecule has 1 unspecified atom stereocenters. The summed E-state index contributed by atoms with van der Waals surface area (Å²) in [6.45, 7) is 3.37. The average Bonchev–Trinajstić information content (AvgIpc) is 2.58. The second-order valence-electron chi connectivity index (χ2n) is 5.94. The van der Waals surface area contributed by atoms with E-state index in [4.69, 9.17) is 11.6 Å². The van der Waals surface area contributed by atoms with Gasteiger partial charge in [-0.15, -0.1) is 0 Å². The van der Waals surface area contributed by atoms with Crippen molar-refractivity contribution in [3.05, 3.63) is 47.1 Å². The van der Waals surface area contributed by atoms with Gasteiger partial charge in [0, 0.05) is 29.9 Å². The van der Waals surface area contributed by atoms with Gasteiger partial charge in [-0.3, -0.25) is 4.79 Å². The first-order valence-corrected chi connectivity index (χ1v) is 8.13. The number of benzene rings is 1. The Balaban J connectivity index is 1.82. The zero-order valence-electron chi connectivity index (χ0n) is 13.0. The summed E-state index contributed by atoms with van der Waals surface area (Å²) < 4.78 is 0. The van der Waals surface area contributed by atoms with Gasteiger partial charge in [0.15, 0.2) is 0 Å². The van der Waals surface area contributed by atoms with Crippen LogP contribution in [-0.4, -0.2) is 29.1 Å². The Morgan fingerprint density at radius 2 is 2.17 bits per heavy atom. The van der Waals surface area contributed by atoms with E-state index in [1.807, 2.05) is 43.5 Å². The molecule has 0 saturated carbocycles. The normalized spacial score (nSPS) is 18.0. The summed E-state index contributed by atoms with van der Waals surface area (Å²) in [7, 11) is 0. The number of carboxylic acid groups (broad SMARTS) is 1. The molecule has 0 radical (unpaired) electrons. The lowest BCUT2D eigenvalue weighted by atomic mass is 9.98. The number of pyridine rings is 1. The molecule has 0 bridgehead atoms. The minimum absolute atomic E-state index is 0.305. The first-order valence-electron chi connectivity index (χ1n) is 7.75. The second kappa shape index (κ2) is 6.59. The summed E-state index contributed by atoms with van der Waals surface area (Å²) in [5, 5.41) is 9.94. The number of carbonyl (C=O) groups is 1. The van der Waals surface area contributed by atoms with Crippen LogP contribution in [0, 0.1) is 12.8 Å². The largest absolute Gasteiger partial charge is 0.481 e. The molecule has 2 aromatic rings. The van der Waals surface area contributed by atoms with Crippen molar-refractivity contribution in [2.24, 2.45) is 5.92 Å². The summed E-state index contributed by atoms with van der Waals surface area (Å²) in [6, 6.07) is 9.81. The quantitative estimate of drug-likeness (QED) is 0.923. The number of aromatic nitrogens is 1. The van der Waals surface area contributed by atoms with E-state index in [1.165, 1.54) is 0 Å². The maximum Gasteiger partial charge on any atom is 0.308 e. The maximum atomic E-state index is 11.2. The molecule has 1 saturated heterocycles. The molecule has 5 heteroatoms. The Bertz CT molecular complexity index is 715. The fraction of sp³-hybridized carbons (Fsp3) is 0.333. The smallest absolute Gasteiger partial charge is 0.308 e. The van der Waals surface area contributed by atoms with E-state index in [0.717, 1.165) is 46.9 Å². The van der Waals surface area contributed by atoms with Gasteiger partial charge in [-0.2, -0.15) is 0 Å². The van der Waals surface area contributed by atoms with E-state index in [9.17, 15) is 9.90 Å². The molecule has 4 nitrogen and oxygen atoms in total. The number of nitrogens with zero attached hydrogens (tertiary/aromatic N) is 2. The van der Waals surface area contributed by atoms with Gasteiger partial charge in [-0.05, 0) is 49.1 Å². The number of rotatable bonds is 3. The Hall–Kier alpha value is -2.07. The number of carboxylic acids is 1. The zero-order chi connectivity index (χ0) is 16.4. The molecule has 1 atom stereocenters. The lowest BCUT2D eigenvalue weighted by Crippen LogP contribution is -2.39. The molecular weight excluding hydrogens is 312 g/mol. The van der Waals surface area contributed by atoms with Gasteiger partial charge < -0.3 is 10.0 Å². The van der Waals surface area contributed by atoms with Crippen LogP contribution in [0.3, 0.4) is 0 Å². The zero-order valence-corrected chi connectivity index (χ0v) is 13.8. The number of hydrogen-bond acceptors (Lipinski definition) is 3. The third-order valence-electron chi connectivity index (χ3n) is 4.42. The fourth-order valence-electron chi connectivity index (χ4n) is 3.04. The first kappa shape index (κ1) is 15.8. The monoisotopic (exact) mass is 330 g/mol. The van der Waals surface area contributed by atoms with Crippen LogP contribution in [0.5, 0.6) is 0 Å². The SMILES string of the molecule is Cc1c(Cl)cccc1-c1ccc(N2CCCC(C(=O)O)C2)nc1. The third kappa shape index (κ3) is 3.32. The molecule has 1 fully saturated rings. The van der Waals surface area contributed by atoms with Crippen molar-refractivity contribution < 1.29 is 9.90 Å². The Labute approximate surface area is 140 Å². The van der Waals surface area contributed by atoms with Crippen LogP contribution in [0.25, 0.3) is 11.1 Å². The number of aliphatic carboxylic acids is 1. The molecule has 1 aliphatic rings. The minimum Gasteiger partial charge on any atom is -0.481 e. The highest BCUT2D eigenvalue weighted by atomic mass is 35.5. The molecule has 3 rings (SSSR count). The van der Waals surface area contributed by atoms with Crippen LogP contribution in [0.1, 0.15) is 18.4 Å². The highest BCUT2D eigenvalue weighted by Crippen LogP contribution is 2.29. The van der Waals surface area contributed by atoms with Gasteiger partial charge in [0.2, 0.25) is 0 Å². The number of piperidine rings is 1. The molecule has 0 aliphatic carbocycles. The summed E-state index contributed by atoms with van der Waals surface area (Å²) in [6.07, 6.45) is 3.46. The van der Waals surface area contributed by atoms with Crippen LogP contribution in [0.2, 0.25) is 5.02 Å². The Morgan fingerprint density at radius 1 is 1.35 bits per heavy atom. The van der Waals surface area contributed by atoms with Crippen molar-refractivity contribution in [2.45, 2.75) is 19.8 Å². The van der Waals surface area contributed by atoms with Crippen molar-refractivity contribution in [1.82, 2.24) is 4.98 Å². The van der Waals surface area contributed by atoms with Crippen LogP contribution in [-0.2, 0) is 4.79 Å². The minimum atomic E-state index is -0.721. The molecule has 1 aromatic heterocycles. The summed E-state index contributed by atoms with van der Waals surface area (Å²) in [4.78, 5) is 17.8. The third-order valence-corrected chi connectivity index (χ3v) is 4.83. The number of halogens is 1. The molecular formula is C18H19ClN2O2. The standard InChI is InChI=1S/C18H19ClN2O2/c1-12-15(5-2-6-16(12)19)13-7-8-17(20-10-13)21-9-3-4-14(11-21)18(22)23/h2,5-8,10,14H,3-4,9,11H2,1H3,(H,22,23). The van der Waals surface area contributed by atoms with E-state index in [2.05, 4.69) is 9.88 Å². The molecule has 1 N–H and O–H groups in total. The van der Waals surface area contributed by atoms with Crippen molar-refractivity contribution in [3.8, 4) is 11.1 Å². The maximum absolute atomic E-state index is 11.2. The van der Waals surface area contributed by atoms with E-state index >= 15 is 0 Å². The van der Waals surface area contributed by atoms with Crippen LogP contribution in [0.15, 0.2) is 36.5 Å². The Morgan fingerprint density at radius 3 is 2.87 bits per heavy atom. The summed E-state index contributed by atoms with van der Waals surface area (Å²) >= 11 is 6.18. The van der Waals surface area contributed by atoms with Gasteiger partial charge in [-0.1, -0.05) is 23.7 Å². The topological polar surface area (TPSA) is 53.4 Å². The van der Waals surface area contributed by atoms with E-state index < -0.39 is 5.97 Å². The van der Waals surface area contributed by atoms with E-state index in [1.54, 1.807) is 0 Å². The summed E-state index contributed by atoms with van der Waals surface area (Å²) in [5.41, 5.74) is 3.12. The highest BCUT2D eigenvalue weighted by Gasteiger charge is 2.26. The molecule has 1 aliphatic heterocycles. The molecule has 0 spiro atoms. The van der Waals surface area contributed by atoms with Crippen LogP contribution >= 0.6 is 11.6 Å². The predicted molar refractivity (Wildman–Crippen MR) is 92.0 cm³/mol. The Kier molecular flexibility index (Phi) is 4.53. The first-order chi connectivity index (χ1) is 11.1. The molecule has 2 heterocycles. The molecule has 120 valence electrons. The van der Waals surface area contributed by atoms with E-state index in [-0.39, 0.29) is 5.92 Å². The fourth-order valence-corrected chi connectivity index (χ4v) is 3.21. The van der Waals surface area contributed by atoms with Crippen molar-refractivity contribution in [1.29, 1.82) is 0 Å². The van der Waals surface area contributed by atoms with Gasteiger partial charge in [0.1, 0.15) is 5.82 Å². The molecule has 0 amide bonds. The van der Waals surface area contributed by atoms with Crippen molar-refractivity contribution in [3.63, 3.8) is 0 Å². The van der Waals surface area contributed by atoms with Gasteiger partial charge in [0.05, 0.1) is 5.92 Å². The second-order valence-corrected chi connectivity index (χ2v) is 6.35. The highest BCUT2D eigenvalue weighted by molar-refractivity contribution is 6.31. The van der Waals surface area contributed by atoms with E-state index in [0.29, 0.717) is 6.54 Å².